The van der Waals surface area contributed by atoms with Crippen LogP contribution in [0.15, 0.2) is 36.4 Å². The van der Waals surface area contributed by atoms with Gasteiger partial charge in [-0.2, -0.15) is 4.37 Å². The van der Waals surface area contributed by atoms with Gasteiger partial charge in [-0.3, -0.25) is 9.69 Å². The van der Waals surface area contributed by atoms with Crippen LogP contribution in [0, 0.1) is 0 Å². The summed E-state index contributed by atoms with van der Waals surface area (Å²) in [4.78, 5) is 16.4. The van der Waals surface area contributed by atoms with E-state index in [1.165, 1.54) is 10.1 Å². The number of aromatic nitrogens is 1. The van der Waals surface area contributed by atoms with Gasteiger partial charge in [0.05, 0.1) is 11.1 Å². The average molecular weight is 443 g/mol. The van der Waals surface area contributed by atoms with E-state index in [-0.39, 0.29) is 5.91 Å². The number of anilines is 2. The molecule has 0 spiro atoms. The lowest BCUT2D eigenvalue weighted by atomic mass is 10.1. The quantitative estimate of drug-likeness (QED) is 0.628. The minimum absolute atomic E-state index is 0.0499. The summed E-state index contributed by atoms with van der Waals surface area (Å²) in [6, 6.07) is 12.4. The van der Waals surface area contributed by atoms with E-state index in [9.17, 15) is 4.79 Å². The Morgan fingerprint density at radius 2 is 1.90 bits per heavy atom. The average Bonchev–Trinajstić information content (AvgIpc) is 3.36. The highest BCUT2D eigenvalue weighted by Crippen LogP contribution is 2.31. The van der Waals surface area contributed by atoms with Crippen LogP contribution < -0.4 is 10.2 Å². The SMILES string of the molecule is CC.O=C1Cc2cc(CCN3CCN(c4nsc5ccccc45)CC3)c(Cl)cc2N1. The monoisotopic (exact) mass is 442 g/mol. The molecule has 0 atom stereocenters. The standard InChI is InChI=1S/C21H21ClN4OS.C2H6/c22-17-13-18-15(12-20(27)23-18)11-14(17)5-6-25-7-9-26(10-8-25)21-16-3-1-2-4-19(16)28-24-21;1-2/h1-4,11,13H,5-10,12H2,(H,23,27);1-2H3. The zero-order valence-electron chi connectivity index (χ0n) is 17.4. The molecule has 5 nitrogen and oxygen atoms in total. The van der Waals surface area contributed by atoms with Crippen molar-refractivity contribution in [2.75, 3.05) is 42.9 Å². The summed E-state index contributed by atoms with van der Waals surface area (Å²) in [5.41, 5.74) is 3.05. The zero-order valence-corrected chi connectivity index (χ0v) is 19.0. The van der Waals surface area contributed by atoms with Crippen LogP contribution in [0.4, 0.5) is 11.5 Å². The normalized spacial score (nSPS) is 16.2. The van der Waals surface area contributed by atoms with Crippen molar-refractivity contribution in [3.63, 3.8) is 0 Å². The minimum atomic E-state index is 0.0499. The summed E-state index contributed by atoms with van der Waals surface area (Å²) < 4.78 is 5.94. The van der Waals surface area contributed by atoms with E-state index in [4.69, 9.17) is 11.6 Å². The molecule has 0 bridgehead atoms. The molecule has 5 rings (SSSR count). The van der Waals surface area contributed by atoms with E-state index in [2.05, 4.69) is 49.8 Å². The molecule has 0 unspecified atom stereocenters. The number of hydrogen-bond acceptors (Lipinski definition) is 5. The third-order valence-electron chi connectivity index (χ3n) is 5.62. The van der Waals surface area contributed by atoms with E-state index >= 15 is 0 Å². The second kappa shape index (κ2) is 9.33. The fraction of sp³-hybridized carbons (Fsp3) is 0.391. The summed E-state index contributed by atoms with van der Waals surface area (Å²) in [6.45, 7) is 9.00. The number of carbonyl (C=O) groups excluding carboxylic acids is 1. The van der Waals surface area contributed by atoms with Crippen molar-refractivity contribution in [2.45, 2.75) is 26.7 Å². The first-order valence-corrected chi connectivity index (χ1v) is 11.8. The van der Waals surface area contributed by atoms with Crippen LogP contribution in [-0.2, 0) is 17.6 Å². The molecule has 1 N–H and O–H groups in total. The van der Waals surface area contributed by atoms with Gasteiger partial charge in [0.2, 0.25) is 5.91 Å². The molecule has 1 saturated heterocycles. The molecule has 2 aliphatic rings. The Kier molecular flexibility index (Phi) is 6.56. The van der Waals surface area contributed by atoms with Gasteiger partial charge in [-0.05, 0) is 47.3 Å². The Hall–Kier alpha value is -2.15. The van der Waals surface area contributed by atoms with E-state index in [1.54, 1.807) is 11.5 Å². The van der Waals surface area contributed by atoms with Crippen molar-refractivity contribution in [1.82, 2.24) is 9.27 Å². The zero-order chi connectivity index (χ0) is 21.1. The van der Waals surface area contributed by atoms with E-state index in [1.807, 2.05) is 19.9 Å². The van der Waals surface area contributed by atoms with Crippen molar-refractivity contribution < 1.29 is 4.79 Å². The maximum Gasteiger partial charge on any atom is 0.228 e. The van der Waals surface area contributed by atoms with Gasteiger partial charge in [0.25, 0.3) is 0 Å². The number of hydrogen-bond donors (Lipinski definition) is 1. The number of piperazine rings is 1. The fourth-order valence-electron chi connectivity index (χ4n) is 4.05. The van der Waals surface area contributed by atoms with Gasteiger partial charge in [-0.25, -0.2) is 0 Å². The molecule has 1 fully saturated rings. The lowest BCUT2D eigenvalue weighted by Gasteiger charge is -2.35. The molecule has 3 heterocycles. The van der Waals surface area contributed by atoms with Crippen LogP contribution in [0.2, 0.25) is 5.02 Å². The summed E-state index contributed by atoms with van der Waals surface area (Å²) in [5, 5.41) is 4.86. The van der Waals surface area contributed by atoms with Crippen LogP contribution in [0.25, 0.3) is 10.1 Å². The van der Waals surface area contributed by atoms with Gasteiger partial charge in [0, 0.05) is 48.8 Å². The molecule has 2 aliphatic heterocycles. The number of halogens is 1. The molecule has 0 radical (unpaired) electrons. The topological polar surface area (TPSA) is 48.5 Å². The Balaban J connectivity index is 0.00000106. The van der Waals surface area contributed by atoms with Gasteiger partial charge in [-0.1, -0.05) is 43.6 Å². The number of nitrogens with one attached hydrogen (secondary N) is 1. The van der Waals surface area contributed by atoms with Crippen molar-refractivity contribution in [3.8, 4) is 0 Å². The number of fused-ring (bicyclic) bond motifs is 2. The minimum Gasteiger partial charge on any atom is -0.353 e. The number of benzene rings is 2. The molecule has 2 aromatic carbocycles. The number of amides is 1. The second-order valence-corrected chi connectivity index (χ2v) is 8.62. The van der Waals surface area contributed by atoms with Gasteiger partial charge in [-0.15, -0.1) is 0 Å². The van der Waals surface area contributed by atoms with E-state index < -0.39 is 0 Å². The predicted molar refractivity (Wildman–Crippen MR) is 127 cm³/mol. The van der Waals surface area contributed by atoms with E-state index in [0.29, 0.717) is 6.42 Å². The van der Waals surface area contributed by atoms with Gasteiger partial charge in [0.1, 0.15) is 5.82 Å². The molecule has 1 amide bonds. The molecule has 0 aliphatic carbocycles. The molecular weight excluding hydrogens is 416 g/mol. The fourth-order valence-corrected chi connectivity index (χ4v) is 5.11. The summed E-state index contributed by atoms with van der Waals surface area (Å²) in [5.74, 6) is 1.17. The summed E-state index contributed by atoms with van der Waals surface area (Å²) >= 11 is 8.01. The first-order chi connectivity index (χ1) is 14.7. The highest BCUT2D eigenvalue weighted by Gasteiger charge is 2.22. The lowest BCUT2D eigenvalue weighted by Crippen LogP contribution is -2.47. The first-order valence-electron chi connectivity index (χ1n) is 10.6. The molecule has 3 aromatic rings. The third-order valence-corrected chi connectivity index (χ3v) is 6.79. The highest BCUT2D eigenvalue weighted by atomic mass is 35.5. The Morgan fingerprint density at radius 1 is 1.13 bits per heavy atom. The lowest BCUT2D eigenvalue weighted by molar-refractivity contribution is -0.115. The van der Waals surface area contributed by atoms with Gasteiger partial charge < -0.3 is 10.2 Å². The van der Waals surface area contributed by atoms with Crippen LogP contribution in [0.5, 0.6) is 0 Å². The Morgan fingerprint density at radius 3 is 2.70 bits per heavy atom. The second-order valence-electron chi connectivity index (χ2n) is 7.41. The maximum atomic E-state index is 11.6. The summed E-state index contributed by atoms with van der Waals surface area (Å²) in [6.07, 6.45) is 1.36. The van der Waals surface area contributed by atoms with E-state index in [0.717, 1.165) is 66.8 Å². The molecular formula is C23H27ClN4OS. The predicted octanol–water partition coefficient (Wildman–Crippen LogP) is 4.84. The maximum absolute atomic E-state index is 11.6. The van der Waals surface area contributed by atoms with Crippen LogP contribution >= 0.6 is 23.1 Å². The van der Waals surface area contributed by atoms with Crippen LogP contribution in [0.3, 0.4) is 0 Å². The Bertz CT molecular complexity index is 1040. The van der Waals surface area contributed by atoms with Gasteiger partial charge in [0.15, 0.2) is 0 Å². The molecule has 7 heteroatoms. The smallest absolute Gasteiger partial charge is 0.228 e. The number of rotatable bonds is 4. The molecule has 158 valence electrons. The van der Waals surface area contributed by atoms with Crippen LogP contribution in [-0.4, -0.2) is 47.9 Å². The molecule has 0 saturated carbocycles. The Labute approximate surface area is 186 Å². The number of nitrogens with zero attached hydrogens (tertiary/aromatic N) is 3. The van der Waals surface area contributed by atoms with Crippen molar-refractivity contribution in [2.24, 2.45) is 0 Å². The summed E-state index contributed by atoms with van der Waals surface area (Å²) in [7, 11) is 0. The van der Waals surface area contributed by atoms with Crippen molar-refractivity contribution in [1.29, 1.82) is 0 Å². The first kappa shape index (κ1) is 21.1. The molecule has 30 heavy (non-hydrogen) atoms. The largest absolute Gasteiger partial charge is 0.353 e. The van der Waals surface area contributed by atoms with Crippen LogP contribution in [0.1, 0.15) is 25.0 Å². The van der Waals surface area contributed by atoms with Crippen molar-refractivity contribution >= 4 is 50.6 Å². The van der Waals surface area contributed by atoms with Gasteiger partial charge >= 0.3 is 0 Å². The highest BCUT2D eigenvalue weighted by molar-refractivity contribution is 7.13. The number of carbonyl (C=O) groups is 1. The van der Waals surface area contributed by atoms with Crippen molar-refractivity contribution in [3.05, 3.63) is 52.5 Å². The third kappa shape index (κ3) is 4.31. The molecule has 1 aromatic heterocycles.